The number of nitrogens with one attached hydrogen (secondary N) is 1. The number of β-amino-alcohol motifs (C(OH)–C–C–N with tert-alkyl or cyclic N) is 1. The van der Waals surface area contributed by atoms with Crippen LogP contribution in [0.2, 0.25) is 0 Å². The molecular weight excluding hydrogens is 519 g/mol. The van der Waals surface area contributed by atoms with E-state index in [9.17, 15) is 22.7 Å². The number of carbonyl (C=O) groups is 1. The van der Waals surface area contributed by atoms with Crippen molar-refractivity contribution in [3.8, 4) is 11.1 Å². The molecule has 4 rings (SSSR count). The van der Waals surface area contributed by atoms with Gasteiger partial charge in [-0.25, -0.2) is 17.6 Å². The van der Waals surface area contributed by atoms with Crippen molar-refractivity contribution < 1.29 is 27.8 Å². The number of sulfonamides is 1. The standard InChI is InChI=1S/C30H35FN2O5S/c1-30(2,17-20-13-21-7-4-5-8-22(21)14-20)32-18-25(34)19-33(3)39(37,38)26-10-6-9-23(15-26)24-11-12-27(29(35)36)28(31)16-24/h4-12,15-16,20,25,32,34H,13-14,17-19H2,1-3H3,(H,35,36)/t25-/m0/s1. The van der Waals surface area contributed by atoms with Gasteiger partial charge in [0.05, 0.1) is 16.6 Å². The predicted molar refractivity (Wildman–Crippen MR) is 149 cm³/mol. The maximum atomic E-state index is 14.2. The van der Waals surface area contributed by atoms with Crippen LogP contribution in [0.4, 0.5) is 4.39 Å². The molecule has 0 unspecified atom stereocenters. The Morgan fingerprint density at radius 2 is 1.69 bits per heavy atom. The van der Waals surface area contributed by atoms with Gasteiger partial charge in [0.15, 0.2) is 0 Å². The van der Waals surface area contributed by atoms with Gasteiger partial charge >= 0.3 is 5.97 Å². The van der Waals surface area contributed by atoms with Gasteiger partial charge in [-0.1, -0.05) is 42.5 Å². The molecule has 0 spiro atoms. The van der Waals surface area contributed by atoms with Gasteiger partial charge < -0.3 is 15.5 Å². The number of rotatable bonds is 11. The van der Waals surface area contributed by atoms with Gasteiger partial charge in [0.2, 0.25) is 10.0 Å². The Hall–Kier alpha value is -3.11. The van der Waals surface area contributed by atoms with Crippen molar-refractivity contribution in [1.29, 1.82) is 0 Å². The molecule has 7 nitrogen and oxygen atoms in total. The summed E-state index contributed by atoms with van der Waals surface area (Å²) in [5.41, 5.74) is 2.90. The maximum absolute atomic E-state index is 14.2. The van der Waals surface area contributed by atoms with E-state index in [2.05, 4.69) is 43.4 Å². The van der Waals surface area contributed by atoms with Crippen molar-refractivity contribution >= 4 is 16.0 Å². The van der Waals surface area contributed by atoms with E-state index in [0.717, 1.165) is 35.7 Å². The van der Waals surface area contributed by atoms with E-state index >= 15 is 0 Å². The van der Waals surface area contributed by atoms with Crippen LogP contribution in [-0.2, 0) is 22.9 Å². The highest BCUT2D eigenvalue weighted by molar-refractivity contribution is 7.89. The molecule has 1 aliphatic rings. The highest BCUT2D eigenvalue weighted by atomic mass is 32.2. The minimum atomic E-state index is -3.94. The summed E-state index contributed by atoms with van der Waals surface area (Å²) in [4.78, 5) is 11.1. The molecule has 0 amide bonds. The second-order valence-corrected chi connectivity index (χ2v) is 13.0. The number of halogens is 1. The second kappa shape index (κ2) is 11.6. The van der Waals surface area contributed by atoms with Crippen molar-refractivity contribution in [1.82, 2.24) is 9.62 Å². The van der Waals surface area contributed by atoms with Crippen LogP contribution >= 0.6 is 0 Å². The highest BCUT2D eigenvalue weighted by Crippen LogP contribution is 2.32. The number of likely N-dealkylation sites (N-methyl/N-ethyl adjacent to an activating group) is 1. The summed E-state index contributed by atoms with van der Waals surface area (Å²) < 4.78 is 41.8. The monoisotopic (exact) mass is 554 g/mol. The van der Waals surface area contributed by atoms with Crippen LogP contribution in [0.5, 0.6) is 0 Å². The van der Waals surface area contributed by atoms with Gasteiger partial charge in [-0.3, -0.25) is 0 Å². The predicted octanol–water partition coefficient (Wildman–Crippen LogP) is 4.35. The first kappa shape index (κ1) is 28.9. The highest BCUT2D eigenvalue weighted by Gasteiger charge is 2.29. The molecule has 3 aromatic rings. The molecule has 9 heteroatoms. The maximum Gasteiger partial charge on any atom is 0.338 e. The number of hydrogen-bond acceptors (Lipinski definition) is 5. The van der Waals surface area contributed by atoms with Gasteiger partial charge in [-0.15, -0.1) is 0 Å². The van der Waals surface area contributed by atoms with Gasteiger partial charge in [-0.2, -0.15) is 4.31 Å². The summed E-state index contributed by atoms with van der Waals surface area (Å²) in [6, 6.07) is 18.2. The van der Waals surface area contributed by atoms with Crippen molar-refractivity contribution in [3.05, 3.63) is 89.2 Å². The van der Waals surface area contributed by atoms with E-state index < -0.39 is 33.5 Å². The largest absolute Gasteiger partial charge is 0.478 e. The molecular formula is C30H35FN2O5S. The Bertz CT molecular complexity index is 1430. The van der Waals surface area contributed by atoms with Crippen LogP contribution in [-0.4, -0.2) is 60.7 Å². The number of carboxylic acid groups (broad SMARTS) is 1. The number of aromatic carboxylic acids is 1. The molecule has 0 saturated carbocycles. The number of hydrogen-bond donors (Lipinski definition) is 3. The molecule has 1 atom stereocenters. The summed E-state index contributed by atoms with van der Waals surface area (Å²) in [6.07, 6.45) is 2.09. The molecule has 0 saturated heterocycles. The number of aliphatic hydroxyl groups excluding tert-OH is 1. The van der Waals surface area contributed by atoms with E-state index in [0.29, 0.717) is 17.0 Å². The Kier molecular flexibility index (Phi) is 8.56. The third kappa shape index (κ3) is 6.91. The van der Waals surface area contributed by atoms with E-state index in [1.807, 2.05) is 0 Å². The van der Waals surface area contributed by atoms with Crippen molar-refractivity contribution in [3.63, 3.8) is 0 Å². The van der Waals surface area contributed by atoms with Crippen molar-refractivity contribution in [2.75, 3.05) is 20.1 Å². The molecule has 0 bridgehead atoms. The molecule has 1 aliphatic carbocycles. The second-order valence-electron chi connectivity index (χ2n) is 11.0. The normalized spacial score (nSPS) is 14.9. The Morgan fingerprint density at radius 1 is 1.05 bits per heavy atom. The minimum absolute atomic E-state index is 0.00786. The Labute approximate surface area is 229 Å². The average molecular weight is 555 g/mol. The fourth-order valence-corrected chi connectivity index (χ4v) is 6.58. The fraction of sp³-hybridized carbons (Fsp3) is 0.367. The molecule has 0 aromatic heterocycles. The van der Waals surface area contributed by atoms with Crippen LogP contribution < -0.4 is 5.32 Å². The van der Waals surface area contributed by atoms with E-state index in [4.69, 9.17) is 5.11 Å². The molecule has 0 aliphatic heterocycles. The minimum Gasteiger partial charge on any atom is -0.478 e. The van der Waals surface area contributed by atoms with E-state index in [1.54, 1.807) is 12.1 Å². The van der Waals surface area contributed by atoms with Gasteiger partial charge in [-0.05, 0) is 85.5 Å². The topological polar surface area (TPSA) is 107 Å². The number of fused-ring (bicyclic) bond motifs is 1. The van der Waals surface area contributed by atoms with E-state index in [1.165, 1.54) is 36.4 Å². The van der Waals surface area contributed by atoms with Gasteiger partial charge in [0.25, 0.3) is 0 Å². The third-order valence-corrected chi connectivity index (χ3v) is 9.11. The number of aliphatic hydroxyl groups is 1. The molecule has 3 aromatic carbocycles. The zero-order chi connectivity index (χ0) is 28.4. The Morgan fingerprint density at radius 3 is 2.31 bits per heavy atom. The van der Waals surface area contributed by atoms with Crippen LogP contribution in [0, 0.1) is 11.7 Å². The Balaban J connectivity index is 1.35. The zero-order valence-corrected chi connectivity index (χ0v) is 23.2. The lowest BCUT2D eigenvalue weighted by atomic mass is 9.88. The molecule has 208 valence electrons. The van der Waals surface area contributed by atoms with Crippen LogP contribution in [0.15, 0.2) is 71.6 Å². The van der Waals surface area contributed by atoms with E-state index in [-0.39, 0.29) is 23.5 Å². The molecule has 0 radical (unpaired) electrons. The first-order chi connectivity index (χ1) is 18.4. The molecule has 39 heavy (non-hydrogen) atoms. The fourth-order valence-electron chi connectivity index (χ4n) is 5.33. The molecule has 3 N–H and O–H groups in total. The summed E-state index contributed by atoms with van der Waals surface area (Å²) in [5.74, 6) is -1.76. The van der Waals surface area contributed by atoms with Crippen molar-refractivity contribution in [2.45, 2.75) is 49.6 Å². The smallest absolute Gasteiger partial charge is 0.338 e. The lowest BCUT2D eigenvalue weighted by Crippen LogP contribution is -2.47. The summed E-state index contributed by atoms with van der Waals surface area (Å²) in [7, 11) is -2.53. The summed E-state index contributed by atoms with van der Waals surface area (Å²) >= 11 is 0. The molecule has 0 heterocycles. The first-order valence-corrected chi connectivity index (χ1v) is 14.4. The van der Waals surface area contributed by atoms with Crippen LogP contribution in [0.25, 0.3) is 11.1 Å². The van der Waals surface area contributed by atoms with Crippen molar-refractivity contribution in [2.24, 2.45) is 5.92 Å². The number of carboxylic acids is 1. The summed E-state index contributed by atoms with van der Waals surface area (Å²) in [6.45, 7) is 4.33. The van der Waals surface area contributed by atoms with Crippen LogP contribution in [0.3, 0.4) is 0 Å². The quantitative estimate of drug-likeness (QED) is 0.326. The number of benzene rings is 3. The SMILES string of the molecule is CN(C[C@@H](O)CNC(C)(C)CC1Cc2ccccc2C1)S(=O)(=O)c1cccc(-c2ccc(C(=O)O)c(F)c2)c1. The average Bonchev–Trinajstić information content (AvgIpc) is 3.29. The van der Waals surface area contributed by atoms with Gasteiger partial charge in [0.1, 0.15) is 5.82 Å². The number of nitrogens with zero attached hydrogens (tertiary/aromatic N) is 1. The lowest BCUT2D eigenvalue weighted by Gasteiger charge is -2.31. The van der Waals surface area contributed by atoms with Gasteiger partial charge in [0, 0.05) is 25.7 Å². The zero-order valence-electron chi connectivity index (χ0n) is 22.4. The first-order valence-electron chi connectivity index (χ1n) is 13.0. The summed E-state index contributed by atoms with van der Waals surface area (Å²) in [5, 5.41) is 23.1. The third-order valence-electron chi connectivity index (χ3n) is 7.29. The molecule has 0 fully saturated rings. The lowest BCUT2D eigenvalue weighted by molar-refractivity contribution is 0.0692. The van der Waals surface area contributed by atoms with Crippen LogP contribution in [0.1, 0.15) is 41.8 Å².